The van der Waals surface area contributed by atoms with Crippen LogP contribution in [0, 0.1) is 13.8 Å². The molecular weight excluding hydrogens is 310 g/mol. The van der Waals surface area contributed by atoms with Crippen LogP contribution in [0.25, 0.3) is 16.1 Å². The molecule has 3 aromatic rings. The molecular formula is C18H17NO3S. The van der Waals surface area contributed by atoms with Crippen LogP contribution in [0.4, 0.5) is 0 Å². The van der Waals surface area contributed by atoms with Crippen LogP contribution >= 0.6 is 11.3 Å². The molecule has 118 valence electrons. The lowest BCUT2D eigenvalue weighted by atomic mass is 10.1. The molecule has 0 aliphatic carbocycles. The second kappa shape index (κ2) is 5.93. The Kier molecular flexibility index (Phi) is 3.96. The second-order valence-corrected chi connectivity index (χ2v) is 6.36. The van der Waals surface area contributed by atoms with Gasteiger partial charge in [0.05, 0.1) is 12.8 Å². The summed E-state index contributed by atoms with van der Waals surface area (Å²) in [4.78, 5) is 12.9. The van der Waals surface area contributed by atoms with Gasteiger partial charge in [0.15, 0.2) is 0 Å². The van der Waals surface area contributed by atoms with Crippen molar-refractivity contribution in [2.45, 2.75) is 13.8 Å². The molecule has 0 atom stereocenters. The van der Waals surface area contributed by atoms with E-state index in [1.807, 2.05) is 60.9 Å². The topological polar surface area (TPSA) is 51.5 Å². The highest BCUT2D eigenvalue weighted by Gasteiger charge is 2.19. The lowest BCUT2D eigenvalue weighted by Gasteiger charge is -2.08. The molecule has 0 amide bonds. The number of carboxylic acid groups (broad SMARTS) is 1. The van der Waals surface area contributed by atoms with Crippen molar-refractivity contribution < 1.29 is 14.6 Å². The normalized spacial score (nSPS) is 10.7. The summed E-state index contributed by atoms with van der Waals surface area (Å²) in [5.74, 6) is -0.127. The van der Waals surface area contributed by atoms with E-state index in [4.69, 9.17) is 4.74 Å². The molecule has 2 aromatic heterocycles. The van der Waals surface area contributed by atoms with Gasteiger partial charge in [0.2, 0.25) is 0 Å². The van der Waals surface area contributed by atoms with Crippen LogP contribution in [0.15, 0.2) is 42.5 Å². The summed E-state index contributed by atoms with van der Waals surface area (Å²) in [6, 6.07) is 13.6. The third-order valence-corrected chi connectivity index (χ3v) is 4.95. The molecule has 0 saturated heterocycles. The number of aryl methyl sites for hydroxylation is 2. The first kappa shape index (κ1) is 15.4. The summed E-state index contributed by atoms with van der Waals surface area (Å²) in [5, 5.41) is 9.57. The van der Waals surface area contributed by atoms with E-state index in [0.717, 1.165) is 27.6 Å². The monoisotopic (exact) mass is 327 g/mol. The van der Waals surface area contributed by atoms with Crippen LogP contribution in [0.1, 0.15) is 21.1 Å². The highest BCUT2D eigenvalue weighted by molar-refractivity contribution is 7.17. The highest BCUT2D eigenvalue weighted by atomic mass is 32.1. The number of aromatic nitrogens is 1. The Hall–Kier alpha value is -2.53. The lowest BCUT2D eigenvalue weighted by Crippen LogP contribution is -2.03. The number of carboxylic acids is 1. The fourth-order valence-corrected chi connectivity index (χ4v) is 3.63. The predicted molar refractivity (Wildman–Crippen MR) is 92.1 cm³/mol. The molecule has 23 heavy (non-hydrogen) atoms. The van der Waals surface area contributed by atoms with Gasteiger partial charge in [-0.05, 0) is 61.9 Å². The Labute approximate surface area is 138 Å². The third kappa shape index (κ3) is 2.75. The minimum atomic E-state index is -0.905. The fraction of sp³-hybridized carbons (Fsp3) is 0.167. The molecule has 0 bridgehead atoms. The Balaban J connectivity index is 2.14. The van der Waals surface area contributed by atoms with Crippen LogP contribution in [0.3, 0.4) is 0 Å². The molecule has 3 rings (SSSR count). The van der Waals surface area contributed by atoms with Crippen molar-refractivity contribution in [3.8, 4) is 21.9 Å². The summed E-state index contributed by atoms with van der Waals surface area (Å²) in [6.07, 6.45) is 0. The Bertz CT molecular complexity index is 840. The molecule has 2 heterocycles. The van der Waals surface area contributed by atoms with Crippen molar-refractivity contribution in [2.24, 2.45) is 0 Å². The number of hydrogen-bond acceptors (Lipinski definition) is 3. The molecule has 0 fully saturated rings. The van der Waals surface area contributed by atoms with E-state index in [9.17, 15) is 9.90 Å². The largest absolute Gasteiger partial charge is 0.497 e. The average Bonchev–Trinajstić information content (AvgIpc) is 3.11. The van der Waals surface area contributed by atoms with E-state index in [1.165, 1.54) is 11.3 Å². The summed E-state index contributed by atoms with van der Waals surface area (Å²) in [6.45, 7) is 3.95. The Morgan fingerprint density at radius 3 is 2.22 bits per heavy atom. The van der Waals surface area contributed by atoms with Gasteiger partial charge in [-0.15, -0.1) is 11.3 Å². The number of methoxy groups -OCH3 is 1. The maximum absolute atomic E-state index is 11.7. The van der Waals surface area contributed by atoms with Gasteiger partial charge in [-0.1, -0.05) is 0 Å². The number of hydrogen-bond donors (Lipinski definition) is 1. The standard InChI is InChI=1S/C18H17NO3S/c1-11-4-5-12(2)19(11)15-10-16(23-17(15)18(20)21)13-6-8-14(22-3)9-7-13/h4-10H,1-3H3,(H,20,21). The van der Waals surface area contributed by atoms with Crippen LogP contribution in [0.2, 0.25) is 0 Å². The van der Waals surface area contributed by atoms with Crippen molar-refractivity contribution in [3.05, 3.63) is 58.7 Å². The zero-order valence-electron chi connectivity index (χ0n) is 13.2. The minimum absolute atomic E-state index is 0.346. The first-order chi connectivity index (χ1) is 11.0. The van der Waals surface area contributed by atoms with Gasteiger partial charge in [0.1, 0.15) is 10.6 Å². The SMILES string of the molecule is COc1ccc(-c2cc(-n3c(C)ccc3C)c(C(=O)O)s2)cc1. The van der Waals surface area contributed by atoms with Crippen LogP contribution < -0.4 is 4.74 Å². The van der Waals surface area contributed by atoms with Gasteiger partial charge in [-0.2, -0.15) is 0 Å². The molecule has 0 saturated carbocycles. The quantitative estimate of drug-likeness (QED) is 0.766. The minimum Gasteiger partial charge on any atom is -0.497 e. The van der Waals surface area contributed by atoms with E-state index < -0.39 is 5.97 Å². The van der Waals surface area contributed by atoms with Gasteiger partial charge in [0, 0.05) is 16.3 Å². The van der Waals surface area contributed by atoms with Crippen LogP contribution in [0.5, 0.6) is 5.75 Å². The number of aromatic carboxylic acids is 1. The van der Waals surface area contributed by atoms with E-state index >= 15 is 0 Å². The second-order valence-electron chi connectivity index (χ2n) is 5.31. The van der Waals surface area contributed by atoms with E-state index in [1.54, 1.807) is 7.11 Å². The van der Waals surface area contributed by atoms with E-state index in [2.05, 4.69) is 0 Å². The number of benzene rings is 1. The van der Waals surface area contributed by atoms with Crippen molar-refractivity contribution in [2.75, 3.05) is 7.11 Å². The lowest BCUT2D eigenvalue weighted by molar-refractivity contribution is 0.0702. The maximum atomic E-state index is 11.7. The molecule has 0 radical (unpaired) electrons. The smallest absolute Gasteiger partial charge is 0.348 e. The summed E-state index contributed by atoms with van der Waals surface area (Å²) in [7, 11) is 1.62. The van der Waals surface area contributed by atoms with Crippen molar-refractivity contribution in [1.82, 2.24) is 4.57 Å². The summed E-state index contributed by atoms with van der Waals surface area (Å²) >= 11 is 1.29. The van der Waals surface area contributed by atoms with Crippen LogP contribution in [-0.2, 0) is 0 Å². The summed E-state index contributed by atoms with van der Waals surface area (Å²) < 4.78 is 7.15. The zero-order chi connectivity index (χ0) is 16.6. The molecule has 0 aliphatic heterocycles. The Morgan fingerprint density at radius 1 is 1.09 bits per heavy atom. The van der Waals surface area contributed by atoms with Gasteiger partial charge in [-0.25, -0.2) is 4.79 Å². The van der Waals surface area contributed by atoms with Gasteiger partial charge in [-0.3, -0.25) is 0 Å². The maximum Gasteiger partial charge on any atom is 0.348 e. The van der Waals surface area contributed by atoms with Crippen molar-refractivity contribution >= 4 is 17.3 Å². The molecule has 4 nitrogen and oxygen atoms in total. The average molecular weight is 327 g/mol. The third-order valence-electron chi connectivity index (χ3n) is 3.79. The van der Waals surface area contributed by atoms with E-state index in [0.29, 0.717) is 10.6 Å². The number of thiophene rings is 1. The number of rotatable bonds is 4. The predicted octanol–water partition coefficient (Wildman–Crippen LogP) is 4.53. The molecule has 0 spiro atoms. The zero-order valence-corrected chi connectivity index (χ0v) is 14.0. The van der Waals surface area contributed by atoms with Crippen molar-refractivity contribution in [3.63, 3.8) is 0 Å². The van der Waals surface area contributed by atoms with Crippen LogP contribution in [-0.4, -0.2) is 22.8 Å². The summed E-state index contributed by atoms with van der Waals surface area (Å²) in [5.41, 5.74) is 3.73. The first-order valence-electron chi connectivity index (χ1n) is 7.18. The molecule has 1 aromatic carbocycles. The highest BCUT2D eigenvalue weighted by Crippen LogP contribution is 2.35. The number of carbonyl (C=O) groups is 1. The molecule has 0 unspecified atom stereocenters. The molecule has 5 heteroatoms. The number of ether oxygens (including phenoxy) is 1. The van der Waals surface area contributed by atoms with Gasteiger partial charge in [0.25, 0.3) is 0 Å². The fourth-order valence-electron chi connectivity index (χ4n) is 2.65. The van der Waals surface area contributed by atoms with Gasteiger partial charge >= 0.3 is 5.97 Å². The van der Waals surface area contributed by atoms with Crippen molar-refractivity contribution in [1.29, 1.82) is 0 Å². The molecule has 0 aliphatic rings. The van der Waals surface area contributed by atoms with E-state index in [-0.39, 0.29) is 0 Å². The van der Waals surface area contributed by atoms with Gasteiger partial charge < -0.3 is 14.4 Å². The Morgan fingerprint density at radius 2 is 1.70 bits per heavy atom. The number of nitrogens with zero attached hydrogens (tertiary/aromatic N) is 1. The first-order valence-corrected chi connectivity index (χ1v) is 8.00. The molecule has 1 N–H and O–H groups in total.